The van der Waals surface area contributed by atoms with Crippen molar-refractivity contribution < 1.29 is 4.39 Å². The van der Waals surface area contributed by atoms with Crippen LogP contribution in [0.5, 0.6) is 0 Å². The molecular formula is C31H32FN7O. The second-order valence-corrected chi connectivity index (χ2v) is 10.6. The van der Waals surface area contributed by atoms with Gasteiger partial charge in [-0.3, -0.25) is 14.6 Å². The fourth-order valence-corrected chi connectivity index (χ4v) is 5.60. The number of hydrogen-bond donors (Lipinski definition) is 1. The Morgan fingerprint density at radius 1 is 0.875 bits per heavy atom. The SMILES string of the molecule is Cc1ccc(C)c2[nH]c(=O)c([C@@H](c3nnnn3Cc3ccc(F)cc3)N3CCN(Cc4ccccc4)CC3)cc12. The maximum absolute atomic E-state index is 13.7. The molecule has 0 unspecified atom stereocenters. The van der Waals surface area contributed by atoms with Crippen molar-refractivity contribution in [2.24, 2.45) is 0 Å². The number of H-pyrrole nitrogens is 1. The third-order valence-electron chi connectivity index (χ3n) is 7.84. The van der Waals surface area contributed by atoms with Crippen LogP contribution in [0.4, 0.5) is 4.39 Å². The Morgan fingerprint density at radius 3 is 2.33 bits per heavy atom. The van der Waals surface area contributed by atoms with Gasteiger partial charge in [-0.05, 0) is 64.7 Å². The second kappa shape index (κ2) is 11.1. The summed E-state index contributed by atoms with van der Waals surface area (Å²) in [7, 11) is 0. The van der Waals surface area contributed by atoms with E-state index in [4.69, 9.17) is 0 Å². The fourth-order valence-electron chi connectivity index (χ4n) is 5.60. The molecule has 3 heterocycles. The lowest BCUT2D eigenvalue weighted by atomic mass is 9.99. The van der Waals surface area contributed by atoms with Gasteiger partial charge in [-0.1, -0.05) is 54.6 Å². The van der Waals surface area contributed by atoms with E-state index in [0.717, 1.165) is 60.3 Å². The van der Waals surface area contributed by atoms with Gasteiger partial charge in [0.05, 0.1) is 12.1 Å². The first kappa shape index (κ1) is 26.0. The molecule has 1 fully saturated rings. The molecule has 0 bridgehead atoms. The van der Waals surface area contributed by atoms with E-state index in [1.165, 1.54) is 17.7 Å². The maximum Gasteiger partial charge on any atom is 0.253 e. The summed E-state index contributed by atoms with van der Waals surface area (Å²) in [6.07, 6.45) is 0. The number of hydrogen-bond acceptors (Lipinski definition) is 6. The molecule has 1 N–H and O–H groups in total. The van der Waals surface area contributed by atoms with Crippen LogP contribution in [0.1, 0.15) is 39.7 Å². The Labute approximate surface area is 232 Å². The molecule has 1 atom stereocenters. The van der Waals surface area contributed by atoms with Crippen LogP contribution in [0.15, 0.2) is 77.6 Å². The van der Waals surface area contributed by atoms with Gasteiger partial charge in [-0.2, -0.15) is 0 Å². The highest BCUT2D eigenvalue weighted by atomic mass is 19.1. The van der Waals surface area contributed by atoms with Crippen molar-refractivity contribution in [2.45, 2.75) is 33.0 Å². The monoisotopic (exact) mass is 537 g/mol. The number of pyridine rings is 1. The van der Waals surface area contributed by atoms with Crippen molar-refractivity contribution in [1.82, 2.24) is 35.0 Å². The van der Waals surface area contributed by atoms with Crippen molar-refractivity contribution in [1.29, 1.82) is 0 Å². The number of rotatable bonds is 7. The molecule has 0 spiro atoms. The zero-order chi connectivity index (χ0) is 27.6. The fraction of sp³-hybridized carbons (Fsp3) is 0.290. The van der Waals surface area contributed by atoms with E-state index in [9.17, 15) is 9.18 Å². The predicted molar refractivity (Wildman–Crippen MR) is 152 cm³/mol. The van der Waals surface area contributed by atoms with Crippen molar-refractivity contribution in [3.05, 3.63) is 123 Å². The van der Waals surface area contributed by atoms with Crippen LogP contribution in [0.25, 0.3) is 10.9 Å². The molecule has 0 radical (unpaired) electrons. The second-order valence-electron chi connectivity index (χ2n) is 10.6. The molecule has 9 heteroatoms. The van der Waals surface area contributed by atoms with Gasteiger partial charge in [0, 0.05) is 43.7 Å². The third-order valence-corrected chi connectivity index (χ3v) is 7.84. The number of piperazine rings is 1. The first-order chi connectivity index (χ1) is 19.5. The van der Waals surface area contributed by atoms with Crippen molar-refractivity contribution in [3.63, 3.8) is 0 Å². The van der Waals surface area contributed by atoms with Crippen LogP contribution in [0.3, 0.4) is 0 Å². The zero-order valence-electron chi connectivity index (χ0n) is 22.7. The van der Waals surface area contributed by atoms with Gasteiger partial charge in [0.2, 0.25) is 0 Å². The van der Waals surface area contributed by atoms with Gasteiger partial charge in [0.15, 0.2) is 5.82 Å². The summed E-state index contributed by atoms with van der Waals surface area (Å²) in [5.74, 6) is 0.302. The average Bonchev–Trinajstić information content (AvgIpc) is 3.42. The molecular weight excluding hydrogens is 505 g/mol. The van der Waals surface area contributed by atoms with Crippen LogP contribution in [-0.4, -0.2) is 61.2 Å². The summed E-state index contributed by atoms with van der Waals surface area (Å²) in [5.41, 5.74) is 5.60. The zero-order valence-corrected chi connectivity index (χ0v) is 22.7. The first-order valence-corrected chi connectivity index (χ1v) is 13.6. The average molecular weight is 538 g/mol. The van der Waals surface area contributed by atoms with Crippen LogP contribution >= 0.6 is 0 Å². The molecule has 6 rings (SSSR count). The minimum absolute atomic E-state index is 0.144. The Bertz CT molecular complexity index is 1670. The number of nitrogens with one attached hydrogen (secondary N) is 1. The molecule has 1 aliphatic rings. The summed E-state index contributed by atoms with van der Waals surface area (Å²) < 4.78 is 15.3. The molecule has 2 aromatic heterocycles. The third kappa shape index (κ3) is 5.30. The highest BCUT2D eigenvalue weighted by molar-refractivity contribution is 5.85. The molecule has 8 nitrogen and oxygen atoms in total. The minimum Gasteiger partial charge on any atom is -0.321 e. The largest absolute Gasteiger partial charge is 0.321 e. The topological polar surface area (TPSA) is 82.9 Å². The van der Waals surface area contributed by atoms with E-state index in [0.29, 0.717) is 17.9 Å². The highest BCUT2D eigenvalue weighted by Gasteiger charge is 2.33. The van der Waals surface area contributed by atoms with Crippen molar-refractivity contribution >= 4 is 10.9 Å². The Kier molecular flexibility index (Phi) is 7.23. The summed E-state index contributed by atoms with van der Waals surface area (Å²) in [4.78, 5) is 21.6. The smallest absolute Gasteiger partial charge is 0.253 e. The number of fused-ring (bicyclic) bond motifs is 1. The van der Waals surface area contributed by atoms with E-state index in [-0.39, 0.29) is 11.4 Å². The summed E-state index contributed by atoms with van der Waals surface area (Å²) in [6, 6.07) is 22.5. The number of aromatic nitrogens is 5. The van der Waals surface area contributed by atoms with Gasteiger partial charge in [0.1, 0.15) is 11.9 Å². The van der Waals surface area contributed by atoms with Gasteiger partial charge >= 0.3 is 0 Å². The van der Waals surface area contributed by atoms with E-state index >= 15 is 0 Å². The lowest BCUT2D eigenvalue weighted by Crippen LogP contribution is -2.48. The standard InChI is InChI=1S/C31H32FN7O/c1-21-8-9-22(2)28-26(21)18-27(31(40)33-28)29(30-34-35-36-39(30)20-24-10-12-25(32)13-11-24)38-16-14-37(15-17-38)19-23-6-4-3-5-7-23/h3-13,18,29H,14-17,19-20H2,1-2H3,(H,33,40)/t29-/m0/s1. The van der Waals surface area contributed by atoms with Crippen LogP contribution < -0.4 is 5.56 Å². The van der Waals surface area contributed by atoms with E-state index in [1.54, 1.807) is 16.8 Å². The van der Waals surface area contributed by atoms with Crippen LogP contribution in [0.2, 0.25) is 0 Å². The maximum atomic E-state index is 13.7. The van der Waals surface area contributed by atoms with E-state index in [2.05, 4.69) is 67.6 Å². The van der Waals surface area contributed by atoms with Gasteiger partial charge in [-0.15, -0.1) is 5.10 Å². The number of aromatic amines is 1. The normalized spacial score (nSPS) is 15.5. The highest BCUT2D eigenvalue weighted by Crippen LogP contribution is 2.30. The molecule has 1 aliphatic heterocycles. The predicted octanol–water partition coefficient (Wildman–Crippen LogP) is 4.23. The molecule has 5 aromatic rings. The summed E-state index contributed by atoms with van der Waals surface area (Å²) in [6.45, 7) is 8.54. The van der Waals surface area contributed by atoms with Crippen molar-refractivity contribution in [3.8, 4) is 0 Å². The van der Waals surface area contributed by atoms with E-state index < -0.39 is 6.04 Å². The summed E-state index contributed by atoms with van der Waals surface area (Å²) >= 11 is 0. The molecule has 0 aliphatic carbocycles. The van der Waals surface area contributed by atoms with E-state index in [1.807, 2.05) is 25.1 Å². The number of benzene rings is 3. The quantitative estimate of drug-likeness (QED) is 0.335. The number of tetrazole rings is 1. The van der Waals surface area contributed by atoms with Crippen molar-refractivity contribution in [2.75, 3.05) is 26.2 Å². The molecule has 40 heavy (non-hydrogen) atoms. The molecule has 204 valence electrons. The summed E-state index contributed by atoms with van der Waals surface area (Å²) in [5, 5.41) is 13.8. The molecule has 0 saturated carbocycles. The number of aryl methyl sites for hydroxylation is 2. The Hall–Kier alpha value is -4.21. The van der Waals surface area contributed by atoms with Gasteiger partial charge < -0.3 is 4.98 Å². The molecule has 1 saturated heterocycles. The lowest BCUT2D eigenvalue weighted by Gasteiger charge is -2.38. The van der Waals surface area contributed by atoms with Gasteiger partial charge in [0.25, 0.3) is 5.56 Å². The van der Waals surface area contributed by atoms with Gasteiger partial charge in [-0.25, -0.2) is 9.07 Å². The molecule has 3 aromatic carbocycles. The Morgan fingerprint density at radius 2 is 1.57 bits per heavy atom. The van der Waals surface area contributed by atoms with Crippen LogP contribution in [-0.2, 0) is 13.1 Å². The minimum atomic E-state index is -0.442. The number of nitrogens with zero attached hydrogens (tertiary/aromatic N) is 6. The molecule has 0 amide bonds. The lowest BCUT2D eigenvalue weighted by molar-refractivity contribution is 0.0998. The number of halogens is 1. The Balaban J connectivity index is 1.37. The van der Waals surface area contributed by atoms with Crippen LogP contribution in [0, 0.1) is 19.7 Å². The first-order valence-electron chi connectivity index (χ1n) is 13.6.